The van der Waals surface area contributed by atoms with Gasteiger partial charge in [0, 0.05) is 19.5 Å². The van der Waals surface area contributed by atoms with E-state index in [-0.39, 0.29) is 0 Å². The Balaban J connectivity index is 1.82. The Morgan fingerprint density at radius 1 is 1.44 bits per heavy atom. The van der Waals surface area contributed by atoms with Gasteiger partial charge in [-0.15, -0.1) is 0 Å². The van der Waals surface area contributed by atoms with Gasteiger partial charge in [-0.25, -0.2) is 0 Å². The molecule has 0 saturated heterocycles. The third kappa shape index (κ3) is 3.15. The van der Waals surface area contributed by atoms with Crippen molar-refractivity contribution in [3.63, 3.8) is 0 Å². The summed E-state index contributed by atoms with van der Waals surface area (Å²) in [4.78, 5) is 3.95. The van der Waals surface area contributed by atoms with Crippen molar-refractivity contribution in [2.45, 2.75) is 19.9 Å². The van der Waals surface area contributed by atoms with Gasteiger partial charge < -0.3 is 9.84 Å². The van der Waals surface area contributed by atoms with Crippen LogP contribution in [0.25, 0.3) is 0 Å². The maximum Gasteiger partial charge on any atom is 0.227 e. The van der Waals surface area contributed by atoms with E-state index < -0.39 is 0 Å². The standard InChI is InChI=1S/C13H14N4O/c1-10-6-11(7-14)2-3-12(10)8-15-5-4-13-16-9-17-18-13/h2-3,6,9,15H,4-5,8H2,1H3. The van der Waals surface area contributed by atoms with Gasteiger partial charge in [0.2, 0.25) is 5.89 Å². The van der Waals surface area contributed by atoms with Crippen LogP contribution in [0.1, 0.15) is 22.6 Å². The largest absolute Gasteiger partial charge is 0.340 e. The van der Waals surface area contributed by atoms with Gasteiger partial charge in [0.15, 0.2) is 6.33 Å². The average molecular weight is 242 g/mol. The first-order valence-corrected chi connectivity index (χ1v) is 5.75. The average Bonchev–Trinajstić information content (AvgIpc) is 2.89. The number of hydrogen-bond acceptors (Lipinski definition) is 5. The number of aromatic nitrogens is 2. The van der Waals surface area contributed by atoms with Gasteiger partial charge in [-0.1, -0.05) is 11.2 Å². The van der Waals surface area contributed by atoms with Crippen molar-refractivity contribution in [2.24, 2.45) is 0 Å². The fourth-order valence-corrected chi connectivity index (χ4v) is 1.69. The van der Waals surface area contributed by atoms with Crippen LogP contribution in [0.4, 0.5) is 0 Å². The predicted octanol–water partition coefficient (Wildman–Crippen LogP) is 1.58. The van der Waals surface area contributed by atoms with Crippen LogP contribution in [0.3, 0.4) is 0 Å². The van der Waals surface area contributed by atoms with Crippen LogP contribution in [-0.2, 0) is 13.0 Å². The van der Waals surface area contributed by atoms with Crippen LogP contribution in [0.15, 0.2) is 29.0 Å². The minimum Gasteiger partial charge on any atom is -0.340 e. The Hall–Kier alpha value is -2.19. The molecule has 92 valence electrons. The van der Waals surface area contributed by atoms with Crippen molar-refractivity contribution in [3.05, 3.63) is 47.1 Å². The summed E-state index contributed by atoms with van der Waals surface area (Å²) < 4.78 is 4.90. The third-order valence-corrected chi connectivity index (χ3v) is 2.71. The van der Waals surface area contributed by atoms with Crippen LogP contribution >= 0.6 is 0 Å². The molecule has 0 saturated carbocycles. The van der Waals surface area contributed by atoms with Gasteiger partial charge in [-0.2, -0.15) is 10.2 Å². The van der Waals surface area contributed by atoms with E-state index in [0.29, 0.717) is 11.5 Å². The minimum atomic E-state index is 0.638. The van der Waals surface area contributed by atoms with Crippen LogP contribution in [-0.4, -0.2) is 16.7 Å². The van der Waals surface area contributed by atoms with E-state index >= 15 is 0 Å². The smallest absolute Gasteiger partial charge is 0.227 e. The summed E-state index contributed by atoms with van der Waals surface area (Å²) in [6.07, 6.45) is 2.12. The number of nitrogens with zero attached hydrogens (tertiary/aromatic N) is 3. The molecule has 0 bridgehead atoms. The Kier molecular flexibility index (Phi) is 4.05. The van der Waals surface area contributed by atoms with Crippen molar-refractivity contribution in [3.8, 4) is 6.07 Å². The maximum atomic E-state index is 8.78. The molecule has 18 heavy (non-hydrogen) atoms. The van der Waals surface area contributed by atoms with Crippen LogP contribution < -0.4 is 5.32 Å². The molecule has 0 aliphatic rings. The first-order chi connectivity index (χ1) is 8.79. The van der Waals surface area contributed by atoms with E-state index in [1.54, 1.807) is 0 Å². The van der Waals surface area contributed by atoms with E-state index in [4.69, 9.17) is 9.78 Å². The Bertz CT molecular complexity index is 543. The van der Waals surface area contributed by atoms with Crippen molar-refractivity contribution in [1.82, 2.24) is 15.5 Å². The highest BCUT2D eigenvalue weighted by Gasteiger charge is 2.01. The SMILES string of the molecule is Cc1cc(C#N)ccc1CNCCc1ncno1. The second-order valence-corrected chi connectivity index (χ2v) is 4.01. The van der Waals surface area contributed by atoms with E-state index in [0.717, 1.165) is 25.1 Å². The number of hydrogen-bond donors (Lipinski definition) is 1. The van der Waals surface area contributed by atoms with E-state index in [1.807, 2.05) is 25.1 Å². The molecule has 1 heterocycles. The summed E-state index contributed by atoms with van der Waals surface area (Å²) in [6.45, 7) is 3.56. The summed E-state index contributed by atoms with van der Waals surface area (Å²) in [5, 5.41) is 15.6. The van der Waals surface area contributed by atoms with Crippen molar-refractivity contribution < 1.29 is 4.52 Å². The van der Waals surface area contributed by atoms with Gasteiger partial charge in [-0.05, 0) is 30.2 Å². The summed E-state index contributed by atoms with van der Waals surface area (Å²) >= 11 is 0. The minimum absolute atomic E-state index is 0.638. The van der Waals surface area contributed by atoms with Gasteiger partial charge in [0.05, 0.1) is 11.6 Å². The molecule has 0 atom stereocenters. The molecule has 1 aromatic carbocycles. The van der Waals surface area contributed by atoms with Gasteiger partial charge >= 0.3 is 0 Å². The molecular formula is C13H14N4O. The third-order valence-electron chi connectivity index (χ3n) is 2.71. The summed E-state index contributed by atoms with van der Waals surface area (Å²) in [7, 11) is 0. The Morgan fingerprint density at radius 3 is 3.00 bits per heavy atom. The summed E-state index contributed by atoms with van der Waals surface area (Å²) in [5.74, 6) is 0.638. The number of aryl methyl sites for hydroxylation is 1. The first kappa shape index (κ1) is 12.3. The normalized spacial score (nSPS) is 10.2. The second kappa shape index (κ2) is 5.94. The summed E-state index contributed by atoms with van der Waals surface area (Å²) in [5.41, 5.74) is 3.01. The lowest BCUT2D eigenvalue weighted by Crippen LogP contribution is -2.17. The number of nitrogens with one attached hydrogen (secondary N) is 1. The topological polar surface area (TPSA) is 74.7 Å². The Morgan fingerprint density at radius 2 is 2.33 bits per heavy atom. The molecule has 2 rings (SSSR count). The zero-order valence-corrected chi connectivity index (χ0v) is 10.2. The lowest BCUT2D eigenvalue weighted by atomic mass is 10.1. The summed E-state index contributed by atoms with van der Waals surface area (Å²) in [6, 6.07) is 7.85. The first-order valence-electron chi connectivity index (χ1n) is 5.75. The van der Waals surface area contributed by atoms with E-state index in [9.17, 15) is 0 Å². The number of nitriles is 1. The van der Waals surface area contributed by atoms with Crippen molar-refractivity contribution in [2.75, 3.05) is 6.54 Å². The number of benzene rings is 1. The molecule has 0 aliphatic carbocycles. The van der Waals surface area contributed by atoms with Crippen LogP contribution in [0.2, 0.25) is 0 Å². The highest BCUT2D eigenvalue weighted by molar-refractivity contribution is 5.37. The van der Waals surface area contributed by atoms with Crippen LogP contribution in [0, 0.1) is 18.3 Å². The lowest BCUT2D eigenvalue weighted by molar-refractivity contribution is 0.375. The lowest BCUT2D eigenvalue weighted by Gasteiger charge is -2.07. The maximum absolute atomic E-state index is 8.78. The van der Waals surface area contributed by atoms with Gasteiger partial charge in [0.25, 0.3) is 0 Å². The zero-order chi connectivity index (χ0) is 12.8. The molecule has 0 aliphatic heterocycles. The second-order valence-electron chi connectivity index (χ2n) is 4.01. The molecular weight excluding hydrogens is 228 g/mol. The molecule has 5 heteroatoms. The molecule has 5 nitrogen and oxygen atoms in total. The Labute approximate surface area is 105 Å². The van der Waals surface area contributed by atoms with Gasteiger partial charge in [0.1, 0.15) is 0 Å². The van der Waals surface area contributed by atoms with Crippen LogP contribution in [0.5, 0.6) is 0 Å². The molecule has 0 amide bonds. The van der Waals surface area contributed by atoms with Gasteiger partial charge in [-0.3, -0.25) is 0 Å². The van der Waals surface area contributed by atoms with E-state index in [2.05, 4.69) is 21.5 Å². The molecule has 1 aromatic heterocycles. The predicted molar refractivity (Wildman–Crippen MR) is 65.6 cm³/mol. The van der Waals surface area contributed by atoms with E-state index in [1.165, 1.54) is 11.9 Å². The highest BCUT2D eigenvalue weighted by atomic mass is 16.5. The molecule has 1 N–H and O–H groups in total. The van der Waals surface area contributed by atoms with Crippen molar-refractivity contribution in [1.29, 1.82) is 5.26 Å². The molecule has 0 spiro atoms. The molecule has 0 fully saturated rings. The molecule has 2 aromatic rings. The molecule has 0 unspecified atom stereocenters. The fourth-order valence-electron chi connectivity index (χ4n) is 1.69. The number of rotatable bonds is 5. The quantitative estimate of drug-likeness (QED) is 0.806. The monoisotopic (exact) mass is 242 g/mol. The highest BCUT2D eigenvalue weighted by Crippen LogP contribution is 2.10. The van der Waals surface area contributed by atoms with Crippen molar-refractivity contribution >= 4 is 0 Å². The molecule has 0 radical (unpaired) electrons. The zero-order valence-electron chi connectivity index (χ0n) is 10.2. The fraction of sp³-hybridized carbons (Fsp3) is 0.308.